The maximum Gasteiger partial charge on any atom is 0.261 e. The fourth-order valence-electron chi connectivity index (χ4n) is 3.95. The lowest BCUT2D eigenvalue weighted by Gasteiger charge is -2.35. The van der Waals surface area contributed by atoms with Gasteiger partial charge in [0.25, 0.3) is 5.91 Å². The minimum atomic E-state index is -0.992. The molecule has 0 saturated carbocycles. The predicted molar refractivity (Wildman–Crippen MR) is 148 cm³/mol. The lowest BCUT2D eigenvalue weighted by molar-refractivity contribution is -0.127. The molecule has 3 aromatic rings. The van der Waals surface area contributed by atoms with E-state index in [0.29, 0.717) is 28.3 Å². The molecule has 0 bridgehead atoms. The molecule has 1 aromatic heterocycles. The average molecular weight is 522 g/mol. The van der Waals surface area contributed by atoms with Crippen molar-refractivity contribution in [3.8, 4) is 5.75 Å². The van der Waals surface area contributed by atoms with Crippen LogP contribution in [0.5, 0.6) is 5.75 Å². The lowest BCUT2D eigenvalue weighted by Crippen LogP contribution is -2.52. The van der Waals surface area contributed by atoms with Crippen LogP contribution < -0.4 is 20.3 Å². The number of carbonyl (C=O) groups is 3. The van der Waals surface area contributed by atoms with Crippen molar-refractivity contribution in [3.05, 3.63) is 81.5 Å². The van der Waals surface area contributed by atoms with Crippen molar-refractivity contribution in [2.24, 2.45) is 0 Å². The molecule has 0 aliphatic rings. The average Bonchev–Trinajstić information content (AvgIpc) is 3.41. The van der Waals surface area contributed by atoms with Gasteiger partial charge < -0.3 is 15.4 Å². The van der Waals surface area contributed by atoms with Crippen molar-refractivity contribution in [1.82, 2.24) is 10.6 Å². The quantitative estimate of drug-likeness (QED) is 0.385. The number of benzene rings is 2. The summed E-state index contributed by atoms with van der Waals surface area (Å²) in [6.07, 6.45) is 0.706. The largest absolute Gasteiger partial charge is 0.497 e. The first-order chi connectivity index (χ1) is 17.6. The zero-order chi connectivity index (χ0) is 27.2. The van der Waals surface area contributed by atoms with Gasteiger partial charge in [0.1, 0.15) is 11.8 Å². The number of anilines is 1. The number of hydrogen-bond acceptors (Lipinski definition) is 5. The molecule has 196 valence electrons. The summed E-state index contributed by atoms with van der Waals surface area (Å²) in [5.74, 6) is -0.491. The fraction of sp³-hybridized carbons (Fsp3) is 0.345. The minimum Gasteiger partial charge on any atom is -0.497 e. The van der Waals surface area contributed by atoms with E-state index in [1.165, 1.54) is 16.2 Å². The van der Waals surface area contributed by atoms with E-state index in [4.69, 9.17) is 4.74 Å². The molecule has 0 aliphatic carbocycles. The number of ether oxygens (including phenoxy) is 1. The van der Waals surface area contributed by atoms with Crippen molar-refractivity contribution in [1.29, 1.82) is 0 Å². The minimum absolute atomic E-state index is 0.269. The lowest BCUT2D eigenvalue weighted by atomic mass is 9.97. The summed E-state index contributed by atoms with van der Waals surface area (Å²) in [5, 5.41) is 7.63. The highest BCUT2D eigenvalue weighted by Gasteiger charge is 2.36. The Morgan fingerprint density at radius 1 is 1.05 bits per heavy atom. The van der Waals surface area contributed by atoms with Crippen LogP contribution in [-0.4, -0.2) is 36.9 Å². The van der Waals surface area contributed by atoms with Gasteiger partial charge in [-0.15, -0.1) is 11.3 Å². The first-order valence-corrected chi connectivity index (χ1v) is 13.1. The monoisotopic (exact) mass is 521 g/mol. The van der Waals surface area contributed by atoms with E-state index < -0.39 is 17.5 Å². The Morgan fingerprint density at radius 3 is 2.43 bits per heavy atom. The Bertz CT molecular complexity index is 1250. The van der Waals surface area contributed by atoms with Crippen molar-refractivity contribution < 1.29 is 19.1 Å². The van der Waals surface area contributed by atoms with Gasteiger partial charge in [0, 0.05) is 11.2 Å². The van der Waals surface area contributed by atoms with Gasteiger partial charge in [0.15, 0.2) is 0 Å². The van der Waals surface area contributed by atoms with Crippen molar-refractivity contribution in [2.45, 2.75) is 52.6 Å². The zero-order valence-corrected chi connectivity index (χ0v) is 23.1. The van der Waals surface area contributed by atoms with Crippen molar-refractivity contribution >= 4 is 34.7 Å². The van der Waals surface area contributed by atoms with Gasteiger partial charge in [-0.3, -0.25) is 19.3 Å². The third kappa shape index (κ3) is 6.98. The predicted octanol–water partition coefficient (Wildman–Crippen LogP) is 5.18. The van der Waals surface area contributed by atoms with E-state index in [2.05, 4.69) is 10.6 Å². The Morgan fingerprint density at radius 2 is 1.81 bits per heavy atom. The highest BCUT2D eigenvalue weighted by atomic mass is 32.1. The number of rotatable bonds is 10. The summed E-state index contributed by atoms with van der Waals surface area (Å²) < 4.78 is 5.42. The molecule has 0 saturated heterocycles. The third-order valence-electron chi connectivity index (χ3n) is 6.29. The number of thiophene rings is 1. The maximum absolute atomic E-state index is 13.9. The van der Waals surface area contributed by atoms with Crippen LogP contribution in [-0.2, 0) is 9.59 Å². The molecule has 8 heteroatoms. The molecular weight excluding hydrogens is 486 g/mol. The second kappa shape index (κ2) is 12.1. The Balaban J connectivity index is 2.10. The topological polar surface area (TPSA) is 87.7 Å². The fourth-order valence-corrected chi connectivity index (χ4v) is 4.59. The summed E-state index contributed by atoms with van der Waals surface area (Å²) in [7, 11) is 1.56. The Kier molecular flexibility index (Phi) is 9.10. The maximum atomic E-state index is 13.9. The van der Waals surface area contributed by atoms with Crippen LogP contribution in [0.3, 0.4) is 0 Å². The first kappa shape index (κ1) is 27.9. The highest BCUT2D eigenvalue weighted by Crippen LogP contribution is 2.33. The van der Waals surface area contributed by atoms with Crippen LogP contribution in [0, 0.1) is 13.8 Å². The summed E-state index contributed by atoms with van der Waals surface area (Å²) >= 11 is 1.30. The number of hydrogen-bond donors (Lipinski definition) is 2. The molecule has 1 heterocycles. The van der Waals surface area contributed by atoms with E-state index in [1.807, 2.05) is 52.8 Å². The van der Waals surface area contributed by atoms with Gasteiger partial charge in [-0.25, -0.2) is 0 Å². The Labute approximate surface area is 222 Å². The number of aryl methyl sites for hydroxylation is 2. The van der Waals surface area contributed by atoms with Gasteiger partial charge in [-0.1, -0.05) is 42.8 Å². The molecule has 0 radical (unpaired) electrons. The van der Waals surface area contributed by atoms with Crippen LogP contribution in [0.4, 0.5) is 5.69 Å². The van der Waals surface area contributed by atoms with Crippen LogP contribution in [0.25, 0.3) is 0 Å². The van der Waals surface area contributed by atoms with Crippen LogP contribution in [0.2, 0.25) is 0 Å². The van der Waals surface area contributed by atoms with Crippen molar-refractivity contribution in [2.75, 3.05) is 18.6 Å². The molecule has 1 atom stereocenters. The number of nitrogens with one attached hydrogen (secondary N) is 2. The molecule has 3 amide bonds. The second-order valence-electron chi connectivity index (χ2n) is 9.62. The molecule has 0 aliphatic heterocycles. The van der Waals surface area contributed by atoms with E-state index in [0.717, 1.165) is 11.1 Å². The van der Waals surface area contributed by atoms with E-state index in [9.17, 15) is 14.4 Å². The number of nitrogens with zero attached hydrogens (tertiary/aromatic N) is 1. The number of methoxy groups -OCH3 is 1. The van der Waals surface area contributed by atoms with Crippen LogP contribution in [0.1, 0.15) is 59.6 Å². The van der Waals surface area contributed by atoms with Gasteiger partial charge in [-0.05, 0) is 74.9 Å². The smallest absolute Gasteiger partial charge is 0.261 e. The van der Waals surface area contributed by atoms with E-state index in [-0.39, 0.29) is 18.4 Å². The standard InChI is InChI=1S/C29H35N3O4S/c1-7-29(4,5)31-28(35)26(21-10-8-11-22(17-21)36-6)32(23-14-13-19(2)16-20(23)3)25(33)18-30-27(34)24-12-9-15-37-24/h8-17,26H,7,18H2,1-6H3,(H,30,34)(H,31,35)/t26-/m1/s1. The molecular formula is C29H35N3O4S. The summed E-state index contributed by atoms with van der Waals surface area (Å²) in [6.45, 7) is 9.49. The highest BCUT2D eigenvalue weighted by molar-refractivity contribution is 7.12. The van der Waals surface area contributed by atoms with Gasteiger partial charge in [-0.2, -0.15) is 0 Å². The molecule has 37 heavy (non-hydrogen) atoms. The molecule has 7 nitrogen and oxygen atoms in total. The second-order valence-corrected chi connectivity index (χ2v) is 10.6. The third-order valence-corrected chi connectivity index (χ3v) is 7.16. The molecule has 3 rings (SSSR count). The number of amides is 3. The zero-order valence-electron chi connectivity index (χ0n) is 22.3. The van der Waals surface area contributed by atoms with Gasteiger partial charge in [0.2, 0.25) is 11.8 Å². The van der Waals surface area contributed by atoms with Gasteiger partial charge in [0.05, 0.1) is 18.5 Å². The van der Waals surface area contributed by atoms with Crippen LogP contribution >= 0.6 is 11.3 Å². The summed E-state index contributed by atoms with van der Waals surface area (Å²) in [4.78, 5) is 42.4. The normalized spacial score (nSPS) is 11.9. The van der Waals surface area contributed by atoms with Crippen LogP contribution in [0.15, 0.2) is 60.0 Å². The van der Waals surface area contributed by atoms with Crippen molar-refractivity contribution in [3.63, 3.8) is 0 Å². The molecule has 0 fully saturated rings. The van der Waals surface area contributed by atoms with E-state index in [1.54, 1.807) is 48.9 Å². The van der Waals surface area contributed by atoms with Gasteiger partial charge >= 0.3 is 0 Å². The summed E-state index contributed by atoms with van der Waals surface area (Å²) in [6, 6.07) is 15.4. The molecule has 0 unspecified atom stereocenters. The first-order valence-electron chi connectivity index (χ1n) is 12.2. The molecule has 0 spiro atoms. The van der Waals surface area contributed by atoms with E-state index >= 15 is 0 Å². The summed E-state index contributed by atoms with van der Waals surface area (Å²) in [5.41, 5.74) is 2.58. The molecule has 2 N–H and O–H groups in total. The molecule has 2 aromatic carbocycles. The Hall–Kier alpha value is -3.65. The SMILES string of the molecule is CCC(C)(C)NC(=O)[C@@H](c1cccc(OC)c1)N(C(=O)CNC(=O)c1cccs1)c1ccc(C)cc1C. The number of carbonyl (C=O) groups excluding carboxylic acids is 3.